The summed E-state index contributed by atoms with van der Waals surface area (Å²) >= 11 is 5.29. The molecule has 1 unspecified atom stereocenters. The molecule has 0 saturated carbocycles. The van der Waals surface area contributed by atoms with E-state index in [4.69, 9.17) is 22.1 Å². The van der Waals surface area contributed by atoms with Gasteiger partial charge in [0.05, 0.1) is 5.69 Å². The summed E-state index contributed by atoms with van der Waals surface area (Å²) in [7, 11) is 0. The largest absolute Gasteiger partial charge is 0.428 e. The standard InChI is InChI=1S/C12H10F2N5OPS/c13-7-3-4-9(8(14)6-7)17-12(15)19-21(22)18-11-10(20-21)2-1-5-16-11/h1-6H,(H4,15,16,17,18,19,22). The second-order valence-corrected chi connectivity index (χ2v) is 7.44. The van der Waals surface area contributed by atoms with E-state index in [9.17, 15) is 8.78 Å². The topological polar surface area (TPSA) is 84.6 Å². The molecule has 22 heavy (non-hydrogen) atoms. The number of nitrogens with two attached hydrogens (primary N) is 1. The van der Waals surface area contributed by atoms with Crippen LogP contribution in [0.3, 0.4) is 0 Å². The maximum atomic E-state index is 13.5. The summed E-state index contributed by atoms with van der Waals surface area (Å²) < 4.78 is 36.0. The summed E-state index contributed by atoms with van der Waals surface area (Å²) in [4.78, 5) is 4.06. The van der Waals surface area contributed by atoms with Gasteiger partial charge in [0.15, 0.2) is 11.6 Å². The Morgan fingerprint density at radius 2 is 2.23 bits per heavy atom. The van der Waals surface area contributed by atoms with Gasteiger partial charge in [-0.1, -0.05) is 0 Å². The minimum atomic E-state index is -2.84. The summed E-state index contributed by atoms with van der Waals surface area (Å²) in [6, 6.07) is 6.44. The normalized spacial score (nSPS) is 20.0. The van der Waals surface area contributed by atoms with E-state index in [-0.39, 0.29) is 11.6 Å². The van der Waals surface area contributed by atoms with Crippen molar-refractivity contribution >= 4 is 35.8 Å². The molecule has 0 bridgehead atoms. The van der Waals surface area contributed by atoms with Crippen molar-refractivity contribution in [1.82, 2.24) is 4.98 Å². The smallest absolute Gasteiger partial charge is 0.325 e. The van der Waals surface area contributed by atoms with Gasteiger partial charge < -0.3 is 15.6 Å². The summed E-state index contributed by atoms with van der Waals surface area (Å²) in [5, 5.41) is 5.41. The molecule has 1 aromatic carbocycles. The van der Waals surface area contributed by atoms with E-state index in [1.807, 2.05) is 0 Å². The van der Waals surface area contributed by atoms with Crippen LogP contribution in [-0.2, 0) is 11.8 Å². The lowest BCUT2D eigenvalue weighted by molar-refractivity contribution is 0.586. The third-order valence-electron chi connectivity index (χ3n) is 2.67. The number of aromatic nitrogens is 1. The molecular formula is C12H10F2N5OPS. The van der Waals surface area contributed by atoms with Crippen molar-refractivity contribution in [1.29, 1.82) is 0 Å². The Morgan fingerprint density at radius 1 is 1.41 bits per heavy atom. The molecule has 0 radical (unpaired) electrons. The molecular weight excluding hydrogens is 331 g/mol. The molecule has 1 aliphatic rings. The quantitative estimate of drug-likeness (QED) is 0.443. The monoisotopic (exact) mass is 341 g/mol. The number of fused-ring (bicyclic) bond motifs is 1. The molecule has 0 spiro atoms. The third-order valence-corrected chi connectivity index (χ3v) is 4.83. The number of nitrogens with one attached hydrogen (secondary N) is 2. The van der Waals surface area contributed by atoms with E-state index in [2.05, 4.69) is 20.2 Å². The van der Waals surface area contributed by atoms with Gasteiger partial charge in [-0.2, -0.15) is 4.76 Å². The second kappa shape index (κ2) is 5.51. The van der Waals surface area contributed by atoms with Crippen LogP contribution in [0, 0.1) is 11.6 Å². The molecule has 6 nitrogen and oxygen atoms in total. The number of anilines is 2. The van der Waals surface area contributed by atoms with E-state index >= 15 is 0 Å². The lowest BCUT2D eigenvalue weighted by Gasteiger charge is -2.12. The van der Waals surface area contributed by atoms with E-state index in [1.54, 1.807) is 18.3 Å². The van der Waals surface area contributed by atoms with E-state index in [1.165, 1.54) is 6.07 Å². The molecule has 0 amide bonds. The van der Waals surface area contributed by atoms with Crippen LogP contribution in [0.15, 0.2) is 41.3 Å². The Bertz CT molecular complexity index is 787. The van der Waals surface area contributed by atoms with Crippen LogP contribution in [0.5, 0.6) is 5.75 Å². The van der Waals surface area contributed by atoms with Crippen molar-refractivity contribution in [2.24, 2.45) is 10.5 Å². The number of hydrogen-bond donors (Lipinski definition) is 3. The molecule has 0 saturated heterocycles. The highest BCUT2D eigenvalue weighted by molar-refractivity contribution is 8.12. The van der Waals surface area contributed by atoms with Gasteiger partial charge in [-0.3, -0.25) is 5.09 Å². The van der Waals surface area contributed by atoms with E-state index in [0.29, 0.717) is 11.6 Å². The highest BCUT2D eigenvalue weighted by Gasteiger charge is 2.30. The Labute approximate surface area is 129 Å². The zero-order valence-electron chi connectivity index (χ0n) is 11.0. The molecule has 2 aromatic rings. The lowest BCUT2D eigenvalue weighted by atomic mass is 10.3. The maximum absolute atomic E-state index is 13.5. The minimum absolute atomic E-state index is 0.0147. The molecule has 114 valence electrons. The fourth-order valence-corrected chi connectivity index (χ4v) is 3.86. The Morgan fingerprint density at radius 3 is 2.95 bits per heavy atom. The first-order valence-corrected chi connectivity index (χ1v) is 8.73. The van der Waals surface area contributed by atoms with Crippen molar-refractivity contribution < 1.29 is 13.3 Å². The molecule has 0 aliphatic carbocycles. The summed E-state index contributed by atoms with van der Waals surface area (Å²) in [6.45, 7) is -2.84. The summed E-state index contributed by atoms with van der Waals surface area (Å²) in [6.07, 6.45) is 1.58. The number of halogens is 2. The van der Waals surface area contributed by atoms with Crippen LogP contribution < -0.4 is 20.7 Å². The van der Waals surface area contributed by atoms with Crippen LogP contribution in [0.4, 0.5) is 20.3 Å². The molecule has 1 atom stereocenters. The van der Waals surface area contributed by atoms with Crippen molar-refractivity contribution in [2.75, 3.05) is 10.4 Å². The van der Waals surface area contributed by atoms with Gasteiger partial charge in [0.2, 0.25) is 5.96 Å². The Kier molecular flexibility index (Phi) is 3.67. The average Bonchev–Trinajstić information content (AvgIpc) is 2.77. The molecule has 10 heteroatoms. The van der Waals surface area contributed by atoms with Gasteiger partial charge >= 0.3 is 6.57 Å². The summed E-state index contributed by atoms with van der Waals surface area (Å²) in [5.41, 5.74) is 5.70. The zero-order valence-corrected chi connectivity index (χ0v) is 12.7. The number of benzene rings is 1. The minimum Gasteiger partial charge on any atom is -0.428 e. The van der Waals surface area contributed by atoms with Gasteiger partial charge in [0.25, 0.3) is 0 Å². The van der Waals surface area contributed by atoms with Crippen LogP contribution in [0.25, 0.3) is 0 Å². The number of nitrogens with zero attached hydrogens (tertiary/aromatic N) is 2. The molecule has 4 N–H and O–H groups in total. The zero-order chi connectivity index (χ0) is 15.7. The highest BCUT2D eigenvalue weighted by Crippen LogP contribution is 2.56. The van der Waals surface area contributed by atoms with Gasteiger partial charge in [-0.05, 0) is 36.1 Å². The first kappa shape index (κ1) is 14.7. The first-order valence-electron chi connectivity index (χ1n) is 6.06. The SMILES string of the molecule is N/C(=N\P1(=S)Nc2ncccc2O1)Nc1ccc(F)cc1F. The molecule has 3 rings (SSSR count). The fourth-order valence-electron chi connectivity index (χ4n) is 1.78. The van der Waals surface area contributed by atoms with Crippen LogP contribution in [-0.4, -0.2) is 10.9 Å². The van der Waals surface area contributed by atoms with Gasteiger partial charge in [-0.25, -0.2) is 13.8 Å². The molecule has 1 aliphatic heterocycles. The average molecular weight is 341 g/mol. The van der Waals surface area contributed by atoms with Crippen LogP contribution in [0.1, 0.15) is 0 Å². The van der Waals surface area contributed by atoms with Crippen LogP contribution >= 0.6 is 6.57 Å². The Balaban J connectivity index is 1.79. The molecule has 2 heterocycles. The van der Waals surface area contributed by atoms with Gasteiger partial charge in [0, 0.05) is 12.3 Å². The van der Waals surface area contributed by atoms with Crippen LogP contribution in [0.2, 0.25) is 0 Å². The number of guanidine groups is 1. The van der Waals surface area contributed by atoms with Gasteiger partial charge in [-0.15, -0.1) is 0 Å². The number of rotatable bonds is 2. The molecule has 0 fully saturated rings. The predicted octanol–water partition coefficient (Wildman–Crippen LogP) is 2.82. The van der Waals surface area contributed by atoms with E-state index < -0.39 is 18.2 Å². The van der Waals surface area contributed by atoms with Crippen molar-refractivity contribution in [3.05, 3.63) is 48.2 Å². The number of pyridine rings is 1. The van der Waals surface area contributed by atoms with Crippen molar-refractivity contribution in [3.63, 3.8) is 0 Å². The number of hydrogen-bond acceptors (Lipinski definition) is 3. The second-order valence-electron chi connectivity index (χ2n) is 4.31. The van der Waals surface area contributed by atoms with Gasteiger partial charge in [0.1, 0.15) is 11.6 Å². The fraction of sp³-hybridized carbons (Fsp3) is 0. The maximum Gasteiger partial charge on any atom is 0.325 e. The highest BCUT2D eigenvalue weighted by atomic mass is 32.4. The molecule has 1 aromatic heterocycles. The predicted molar refractivity (Wildman–Crippen MR) is 84.4 cm³/mol. The van der Waals surface area contributed by atoms with Crippen molar-refractivity contribution in [2.45, 2.75) is 0 Å². The third kappa shape index (κ3) is 3.00. The summed E-state index contributed by atoms with van der Waals surface area (Å²) in [5.74, 6) is -0.659. The Hall–Kier alpha value is -2.25. The van der Waals surface area contributed by atoms with E-state index in [0.717, 1.165) is 12.1 Å². The van der Waals surface area contributed by atoms with Crippen molar-refractivity contribution in [3.8, 4) is 5.75 Å². The lowest BCUT2D eigenvalue weighted by Crippen LogP contribution is -2.23. The first-order chi connectivity index (χ1) is 10.5.